The summed E-state index contributed by atoms with van der Waals surface area (Å²) in [6, 6.07) is 0. The summed E-state index contributed by atoms with van der Waals surface area (Å²) in [6.45, 7) is 3.41. The monoisotopic (exact) mass is 1330 g/mol. The van der Waals surface area contributed by atoms with Crippen molar-refractivity contribution in [1.82, 2.24) is 0 Å². The number of rotatable bonds is 54. The lowest BCUT2D eigenvalue weighted by Crippen LogP contribution is -2.69. The van der Waals surface area contributed by atoms with Gasteiger partial charge in [0.25, 0.3) is 0 Å². The van der Waals surface area contributed by atoms with Crippen LogP contribution in [-0.2, 0) is 61.2 Å². The van der Waals surface area contributed by atoms with Gasteiger partial charge in [-0.3, -0.25) is 23.4 Å². The average Bonchev–Trinajstić information content (AvgIpc) is 1.00. The lowest BCUT2D eigenvalue weighted by molar-refractivity contribution is -0.360. The molecule has 2 aliphatic heterocycles. The lowest BCUT2D eigenvalue weighted by atomic mass is 9.84. The summed E-state index contributed by atoms with van der Waals surface area (Å²) in [6.07, 6.45) is 3.56. The van der Waals surface area contributed by atoms with Crippen LogP contribution in [-0.4, -0.2) is 204 Å². The second-order valence-corrected chi connectivity index (χ2v) is 27.0. The first kappa shape index (κ1) is 83.2. The normalized spacial score (nSPS) is 28.8. The minimum Gasteiger partial charge on any atom is -0.463 e. The van der Waals surface area contributed by atoms with E-state index < -0.39 is 156 Å². The number of hydrogen-bond acceptors (Lipinski definition) is 23. The molecule has 91 heavy (non-hydrogen) atoms. The zero-order valence-electron chi connectivity index (χ0n) is 55.4. The highest BCUT2D eigenvalue weighted by molar-refractivity contribution is 7.47. The van der Waals surface area contributed by atoms with Gasteiger partial charge in [-0.25, -0.2) is 4.57 Å². The maximum absolute atomic E-state index is 14.3. The van der Waals surface area contributed by atoms with E-state index in [1.165, 1.54) is 116 Å². The molecule has 0 aromatic heterocycles. The van der Waals surface area contributed by atoms with Crippen LogP contribution in [0.4, 0.5) is 0 Å². The largest absolute Gasteiger partial charge is 0.472 e. The first-order valence-corrected chi connectivity index (χ1v) is 36.8. The predicted molar refractivity (Wildman–Crippen MR) is 338 cm³/mol. The fraction of sp³-hybridized carbons (Fsp3) is 0.955. The molecule has 11 N–H and O–H groups in total. The zero-order valence-corrected chi connectivity index (χ0v) is 56.3. The molecule has 0 bridgehead atoms. The summed E-state index contributed by atoms with van der Waals surface area (Å²) in [4.78, 5) is 50.7. The summed E-state index contributed by atoms with van der Waals surface area (Å²) >= 11 is 0. The summed E-state index contributed by atoms with van der Waals surface area (Å²) in [5, 5.41) is 110. The van der Waals surface area contributed by atoms with E-state index in [-0.39, 0.29) is 19.3 Å². The van der Waals surface area contributed by atoms with Crippen LogP contribution >= 0.6 is 7.82 Å². The number of ether oxygens (including phenoxy) is 7. The third-order valence-corrected chi connectivity index (χ3v) is 18.6. The molecule has 0 amide bonds. The van der Waals surface area contributed by atoms with Crippen LogP contribution < -0.4 is 0 Å². The highest BCUT2D eigenvalue weighted by Crippen LogP contribution is 2.49. The summed E-state index contributed by atoms with van der Waals surface area (Å²) in [7, 11) is -5.68. The Labute approximate surface area is 542 Å². The molecule has 2 heterocycles. The van der Waals surface area contributed by atoms with Crippen LogP contribution in [0.25, 0.3) is 0 Å². The SMILES string of the molecule is CCCCCCCCCCCCCCCCC(=O)OCC1OC(OC2C(O)C(O)C(O)C(OC3OC(CO)C(O)C(O)C3O)C2OP(=O)(O)OCC(COC(=O)CCCCCCCCCCCCC)OC(=O)CCCCCCCCCCCCC)C(O)C(O)C1O. The van der Waals surface area contributed by atoms with E-state index in [9.17, 15) is 74.9 Å². The molecule has 3 fully saturated rings. The Balaban J connectivity index is 1.76. The second kappa shape index (κ2) is 49.5. The van der Waals surface area contributed by atoms with E-state index in [2.05, 4.69) is 20.8 Å². The van der Waals surface area contributed by atoms with Crippen molar-refractivity contribution in [2.45, 2.75) is 375 Å². The third-order valence-electron chi connectivity index (χ3n) is 17.6. The Morgan fingerprint density at radius 2 is 0.703 bits per heavy atom. The number of carbonyl (C=O) groups is 3. The molecule has 24 nitrogen and oxygen atoms in total. The van der Waals surface area contributed by atoms with Crippen molar-refractivity contribution in [3.63, 3.8) is 0 Å². The van der Waals surface area contributed by atoms with Crippen LogP contribution in [0.15, 0.2) is 0 Å². The number of unbranched alkanes of at least 4 members (excludes halogenated alkanes) is 33. The molecule has 1 aliphatic carbocycles. The van der Waals surface area contributed by atoms with E-state index in [0.717, 1.165) is 96.3 Å². The van der Waals surface area contributed by atoms with Crippen LogP contribution in [0.3, 0.4) is 0 Å². The topological polar surface area (TPSA) is 374 Å². The van der Waals surface area contributed by atoms with Gasteiger partial charge in [-0.2, -0.15) is 0 Å². The molecule has 0 aromatic rings. The van der Waals surface area contributed by atoms with Crippen molar-refractivity contribution >= 4 is 25.7 Å². The molecule has 3 aliphatic rings. The number of phosphoric acid groups is 1. The van der Waals surface area contributed by atoms with E-state index in [1.807, 2.05) is 0 Å². The Morgan fingerprint density at radius 3 is 1.08 bits per heavy atom. The van der Waals surface area contributed by atoms with Gasteiger partial charge in [-0.1, -0.05) is 233 Å². The molecule has 0 radical (unpaired) electrons. The van der Waals surface area contributed by atoms with E-state index in [0.29, 0.717) is 19.3 Å². The first-order valence-electron chi connectivity index (χ1n) is 35.3. The van der Waals surface area contributed by atoms with Crippen LogP contribution in [0.1, 0.15) is 271 Å². The summed E-state index contributed by atoms with van der Waals surface area (Å²) in [5.74, 6) is -1.98. The fourth-order valence-electron chi connectivity index (χ4n) is 11.8. The second-order valence-electron chi connectivity index (χ2n) is 25.6. The van der Waals surface area contributed by atoms with Gasteiger partial charge < -0.3 is 89.1 Å². The summed E-state index contributed by atoms with van der Waals surface area (Å²) in [5.41, 5.74) is 0. The van der Waals surface area contributed by atoms with E-state index in [1.54, 1.807) is 0 Å². The molecule has 18 atom stereocenters. The van der Waals surface area contributed by atoms with Gasteiger partial charge in [0.05, 0.1) is 13.2 Å². The molecular weight excluding hydrogens is 1210 g/mol. The van der Waals surface area contributed by atoms with E-state index >= 15 is 0 Å². The number of esters is 3. The quantitative estimate of drug-likeness (QED) is 0.0118. The van der Waals surface area contributed by atoms with Crippen molar-refractivity contribution in [3.05, 3.63) is 0 Å². The number of carbonyl (C=O) groups excluding carboxylic acids is 3. The molecule has 0 aromatic carbocycles. The molecule has 0 spiro atoms. The number of aliphatic hydroxyl groups is 10. The van der Waals surface area contributed by atoms with Gasteiger partial charge in [0.15, 0.2) is 18.7 Å². The van der Waals surface area contributed by atoms with Gasteiger partial charge in [0, 0.05) is 19.3 Å². The zero-order chi connectivity index (χ0) is 66.8. The van der Waals surface area contributed by atoms with Crippen LogP contribution in [0.2, 0.25) is 0 Å². The molecule has 536 valence electrons. The maximum atomic E-state index is 14.3. The van der Waals surface area contributed by atoms with Crippen molar-refractivity contribution in [2.24, 2.45) is 0 Å². The number of phosphoric ester groups is 1. The molecule has 1 saturated carbocycles. The molecule has 2 saturated heterocycles. The van der Waals surface area contributed by atoms with E-state index in [4.69, 9.17) is 42.2 Å². The predicted octanol–water partition coefficient (Wildman–Crippen LogP) is 8.23. The molecular formula is C66H123O24P. The molecule has 18 unspecified atom stereocenters. The number of hydrogen-bond donors (Lipinski definition) is 11. The average molecular weight is 1330 g/mol. The highest BCUT2D eigenvalue weighted by Gasteiger charge is 2.58. The molecule has 3 rings (SSSR count). The Bertz CT molecular complexity index is 1910. The Hall–Kier alpha value is -2.04. The molecule has 25 heteroatoms. The lowest BCUT2D eigenvalue weighted by Gasteiger charge is -2.49. The minimum absolute atomic E-state index is 0.0335. The van der Waals surface area contributed by atoms with Crippen molar-refractivity contribution in [3.8, 4) is 0 Å². The van der Waals surface area contributed by atoms with Crippen molar-refractivity contribution < 1.29 is 117 Å². The number of aliphatic hydroxyl groups excluding tert-OH is 10. The van der Waals surface area contributed by atoms with Gasteiger partial charge in [0.1, 0.15) is 98.7 Å². The third kappa shape index (κ3) is 33.7. The smallest absolute Gasteiger partial charge is 0.463 e. The summed E-state index contributed by atoms with van der Waals surface area (Å²) < 4.78 is 64.8. The van der Waals surface area contributed by atoms with Gasteiger partial charge >= 0.3 is 25.7 Å². The Morgan fingerprint density at radius 1 is 0.385 bits per heavy atom. The van der Waals surface area contributed by atoms with Crippen LogP contribution in [0, 0.1) is 0 Å². The van der Waals surface area contributed by atoms with Gasteiger partial charge in [0.2, 0.25) is 0 Å². The fourth-order valence-corrected chi connectivity index (χ4v) is 12.8. The van der Waals surface area contributed by atoms with Crippen molar-refractivity contribution in [2.75, 3.05) is 26.4 Å². The van der Waals surface area contributed by atoms with Crippen molar-refractivity contribution in [1.29, 1.82) is 0 Å². The Kier molecular flexibility index (Phi) is 45.2. The standard InChI is InChI=1S/C66H123O24P/c1-4-7-10-13-16-19-22-23-24-27-29-32-35-38-41-51(69)83-46-49-54(72)56(74)61(79)66(87-49)89-63-59(77)57(75)58(76)62(88-65-60(78)55(73)53(71)48(43-67)86-65)64(63)90-91(80,81)84-45-47(85-52(70)42-39-36-33-30-26-21-18-15-12-9-6-3)44-82-50(68)40-37-34-31-28-25-20-17-14-11-8-5-2/h47-49,53-67,71-79H,4-46H2,1-3H3,(H,80,81). The van der Waals surface area contributed by atoms with Gasteiger partial charge in [-0.15, -0.1) is 0 Å². The van der Waals surface area contributed by atoms with Gasteiger partial charge in [-0.05, 0) is 19.3 Å². The highest BCUT2D eigenvalue weighted by atomic mass is 31.2. The minimum atomic E-state index is -5.68. The first-order chi connectivity index (χ1) is 43.8. The maximum Gasteiger partial charge on any atom is 0.472 e. The van der Waals surface area contributed by atoms with Crippen LogP contribution in [0.5, 0.6) is 0 Å².